The van der Waals surface area contributed by atoms with Gasteiger partial charge in [0.05, 0.1) is 11.0 Å². The van der Waals surface area contributed by atoms with Gasteiger partial charge in [0, 0.05) is 37.2 Å². The number of nitrogens with zero attached hydrogens (tertiary/aromatic N) is 1. The SMILES string of the molecule is CC1CN(C(=O)c2cc(N)cc(S(C)(=O)=O)c2)CCCO1. The minimum Gasteiger partial charge on any atom is -0.399 e. The smallest absolute Gasteiger partial charge is 0.254 e. The van der Waals surface area contributed by atoms with Gasteiger partial charge in [0.2, 0.25) is 0 Å². The predicted octanol–water partition coefficient (Wildman–Crippen LogP) is 0.923. The summed E-state index contributed by atoms with van der Waals surface area (Å²) in [5, 5.41) is 0. The summed E-state index contributed by atoms with van der Waals surface area (Å²) in [6.07, 6.45) is 1.82. The van der Waals surface area contributed by atoms with Crippen molar-refractivity contribution in [3.05, 3.63) is 23.8 Å². The molecule has 1 unspecified atom stereocenters. The molecule has 0 saturated carbocycles. The van der Waals surface area contributed by atoms with Crippen molar-refractivity contribution < 1.29 is 17.9 Å². The van der Waals surface area contributed by atoms with Crippen LogP contribution >= 0.6 is 0 Å². The van der Waals surface area contributed by atoms with Crippen LogP contribution in [-0.2, 0) is 14.6 Å². The Kier molecular flexibility index (Phi) is 4.53. The number of anilines is 1. The van der Waals surface area contributed by atoms with E-state index in [0.717, 1.165) is 12.7 Å². The zero-order chi connectivity index (χ0) is 15.6. The zero-order valence-electron chi connectivity index (χ0n) is 12.2. The zero-order valence-corrected chi connectivity index (χ0v) is 13.0. The molecular formula is C14H20N2O4S. The fourth-order valence-electron chi connectivity index (χ4n) is 2.32. The number of benzene rings is 1. The second kappa shape index (κ2) is 6.03. The van der Waals surface area contributed by atoms with Gasteiger partial charge in [-0.25, -0.2) is 8.42 Å². The second-order valence-electron chi connectivity index (χ2n) is 5.35. The minimum absolute atomic E-state index is 0.0353. The molecule has 0 radical (unpaired) electrons. The lowest BCUT2D eigenvalue weighted by Crippen LogP contribution is -2.36. The van der Waals surface area contributed by atoms with Gasteiger partial charge in [0.1, 0.15) is 0 Å². The van der Waals surface area contributed by atoms with Gasteiger partial charge in [-0.15, -0.1) is 0 Å². The van der Waals surface area contributed by atoms with Crippen LogP contribution in [0.2, 0.25) is 0 Å². The van der Waals surface area contributed by atoms with Crippen molar-refractivity contribution in [2.24, 2.45) is 0 Å². The van der Waals surface area contributed by atoms with E-state index < -0.39 is 9.84 Å². The van der Waals surface area contributed by atoms with Crippen LogP contribution in [0.4, 0.5) is 5.69 Å². The number of amides is 1. The highest BCUT2D eigenvalue weighted by atomic mass is 32.2. The molecule has 116 valence electrons. The monoisotopic (exact) mass is 312 g/mol. The topological polar surface area (TPSA) is 89.7 Å². The maximum absolute atomic E-state index is 12.5. The molecule has 0 aromatic heterocycles. The van der Waals surface area contributed by atoms with Crippen molar-refractivity contribution in [2.45, 2.75) is 24.3 Å². The molecule has 1 fully saturated rings. The summed E-state index contributed by atoms with van der Waals surface area (Å²) in [4.78, 5) is 14.3. The van der Waals surface area contributed by atoms with Crippen LogP contribution in [0.1, 0.15) is 23.7 Å². The summed E-state index contributed by atoms with van der Waals surface area (Å²) in [5.41, 5.74) is 6.28. The Morgan fingerprint density at radius 3 is 2.76 bits per heavy atom. The van der Waals surface area contributed by atoms with Gasteiger partial charge in [-0.2, -0.15) is 0 Å². The third-order valence-corrected chi connectivity index (χ3v) is 4.44. The summed E-state index contributed by atoms with van der Waals surface area (Å²) >= 11 is 0. The van der Waals surface area contributed by atoms with E-state index in [1.807, 2.05) is 6.92 Å². The van der Waals surface area contributed by atoms with Crippen LogP contribution in [0.25, 0.3) is 0 Å². The fourth-order valence-corrected chi connectivity index (χ4v) is 3.01. The quantitative estimate of drug-likeness (QED) is 0.820. The molecule has 0 bridgehead atoms. The molecule has 0 aliphatic carbocycles. The van der Waals surface area contributed by atoms with Gasteiger partial charge in [0.15, 0.2) is 9.84 Å². The maximum Gasteiger partial charge on any atom is 0.254 e. The first kappa shape index (κ1) is 15.8. The number of hydrogen-bond acceptors (Lipinski definition) is 5. The van der Waals surface area contributed by atoms with Crippen LogP contribution in [-0.4, -0.2) is 51.3 Å². The van der Waals surface area contributed by atoms with Crippen molar-refractivity contribution in [3.8, 4) is 0 Å². The largest absolute Gasteiger partial charge is 0.399 e. The Hall–Kier alpha value is -1.60. The van der Waals surface area contributed by atoms with E-state index in [-0.39, 0.29) is 22.6 Å². The fraction of sp³-hybridized carbons (Fsp3) is 0.500. The molecule has 1 aliphatic rings. The lowest BCUT2D eigenvalue weighted by atomic mass is 10.1. The first-order valence-corrected chi connectivity index (χ1v) is 8.68. The van der Waals surface area contributed by atoms with E-state index in [0.29, 0.717) is 25.3 Å². The first-order valence-electron chi connectivity index (χ1n) is 6.79. The predicted molar refractivity (Wildman–Crippen MR) is 79.9 cm³/mol. The lowest BCUT2D eigenvalue weighted by molar-refractivity contribution is 0.0562. The molecule has 1 atom stereocenters. The van der Waals surface area contributed by atoms with Crippen LogP contribution < -0.4 is 5.73 Å². The highest BCUT2D eigenvalue weighted by Gasteiger charge is 2.22. The first-order chi connectivity index (χ1) is 9.77. The Balaban J connectivity index is 2.32. The number of carbonyl (C=O) groups excluding carboxylic acids is 1. The van der Waals surface area contributed by atoms with Crippen LogP contribution in [0.15, 0.2) is 23.1 Å². The van der Waals surface area contributed by atoms with Crippen molar-refractivity contribution in [1.82, 2.24) is 4.90 Å². The third kappa shape index (κ3) is 3.95. The van der Waals surface area contributed by atoms with E-state index in [1.165, 1.54) is 18.2 Å². The van der Waals surface area contributed by atoms with Crippen molar-refractivity contribution in [2.75, 3.05) is 31.7 Å². The van der Waals surface area contributed by atoms with Gasteiger partial charge in [0.25, 0.3) is 5.91 Å². The number of nitrogens with two attached hydrogens (primary N) is 1. The number of nitrogen functional groups attached to an aromatic ring is 1. The average molecular weight is 312 g/mol. The summed E-state index contributed by atoms with van der Waals surface area (Å²) in [5.74, 6) is -0.218. The molecule has 7 heteroatoms. The van der Waals surface area contributed by atoms with Crippen molar-refractivity contribution in [1.29, 1.82) is 0 Å². The average Bonchev–Trinajstić information content (AvgIpc) is 2.61. The minimum atomic E-state index is -3.41. The van der Waals surface area contributed by atoms with E-state index in [2.05, 4.69) is 0 Å². The molecule has 0 spiro atoms. The van der Waals surface area contributed by atoms with Gasteiger partial charge < -0.3 is 15.4 Å². The van der Waals surface area contributed by atoms with E-state index in [4.69, 9.17) is 10.5 Å². The molecule has 1 aromatic carbocycles. The van der Waals surface area contributed by atoms with E-state index >= 15 is 0 Å². The normalized spacial score (nSPS) is 20.1. The molecule has 2 N–H and O–H groups in total. The van der Waals surface area contributed by atoms with Gasteiger partial charge in [-0.05, 0) is 31.5 Å². The van der Waals surface area contributed by atoms with Crippen LogP contribution in [0.3, 0.4) is 0 Å². The van der Waals surface area contributed by atoms with Gasteiger partial charge >= 0.3 is 0 Å². The number of hydrogen-bond donors (Lipinski definition) is 1. The van der Waals surface area contributed by atoms with E-state index in [9.17, 15) is 13.2 Å². The molecule has 21 heavy (non-hydrogen) atoms. The summed E-state index contributed by atoms with van der Waals surface area (Å²) in [6, 6.07) is 4.25. The van der Waals surface area contributed by atoms with Crippen molar-refractivity contribution in [3.63, 3.8) is 0 Å². The number of carbonyl (C=O) groups is 1. The number of rotatable bonds is 2. The number of ether oxygens (including phenoxy) is 1. The highest BCUT2D eigenvalue weighted by Crippen LogP contribution is 2.19. The number of sulfone groups is 1. The summed E-state index contributed by atoms with van der Waals surface area (Å²) in [6.45, 7) is 3.61. The molecule has 6 nitrogen and oxygen atoms in total. The Labute approximate surface area is 124 Å². The molecule has 1 aliphatic heterocycles. The molecule has 2 rings (SSSR count). The standard InChI is InChI=1S/C14H20N2O4S/c1-10-9-16(4-3-5-20-10)14(17)11-6-12(15)8-13(7-11)21(2,18)19/h6-8,10H,3-5,9,15H2,1-2H3. The maximum atomic E-state index is 12.5. The summed E-state index contributed by atoms with van der Waals surface area (Å²) in [7, 11) is -3.41. The Morgan fingerprint density at radius 2 is 2.10 bits per heavy atom. The third-order valence-electron chi connectivity index (χ3n) is 3.34. The molecule has 1 aromatic rings. The van der Waals surface area contributed by atoms with Gasteiger partial charge in [-0.1, -0.05) is 0 Å². The molecule has 1 amide bonds. The van der Waals surface area contributed by atoms with Gasteiger partial charge in [-0.3, -0.25) is 4.79 Å². The Morgan fingerprint density at radius 1 is 1.38 bits per heavy atom. The second-order valence-corrected chi connectivity index (χ2v) is 7.36. The van der Waals surface area contributed by atoms with E-state index in [1.54, 1.807) is 4.90 Å². The van der Waals surface area contributed by atoms with Crippen molar-refractivity contribution >= 4 is 21.4 Å². The summed E-state index contributed by atoms with van der Waals surface area (Å²) < 4.78 is 28.8. The van der Waals surface area contributed by atoms with Crippen LogP contribution in [0, 0.1) is 0 Å². The molecular weight excluding hydrogens is 292 g/mol. The van der Waals surface area contributed by atoms with Crippen LogP contribution in [0.5, 0.6) is 0 Å². The highest BCUT2D eigenvalue weighted by molar-refractivity contribution is 7.90. The molecule has 1 saturated heterocycles. The Bertz CT molecular complexity index is 642. The lowest BCUT2D eigenvalue weighted by Gasteiger charge is -2.22. The molecule has 1 heterocycles.